The van der Waals surface area contributed by atoms with Crippen LogP contribution in [-0.4, -0.2) is 35.4 Å². The van der Waals surface area contributed by atoms with Gasteiger partial charge >= 0.3 is 5.97 Å². The normalized spacial score (nSPS) is 11.7. The van der Waals surface area contributed by atoms with Gasteiger partial charge in [0, 0.05) is 25.9 Å². The van der Waals surface area contributed by atoms with Crippen LogP contribution < -0.4 is 0 Å². The van der Waals surface area contributed by atoms with Gasteiger partial charge in [-0.2, -0.15) is 0 Å². The van der Waals surface area contributed by atoms with Gasteiger partial charge in [-0.25, -0.2) is 0 Å². The first-order chi connectivity index (χ1) is 9.06. The summed E-state index contributed by atoms with van der Waals surface area (Å²) < 4.78 is 4.80. The molecule has 0 N–H and O–H groups in total. The molecular weight excluding hydrogens is 244 g/mol. The van der Waals surface area contributed by atoms with E-state index >= 15 is 0 Å². The Morgan fingerprint density at radius 1 is 1.32 bits per heavy atom. The molecule has 1 unspecified atom stereocenters. The summed E-state index contributed by atoms with van der Waals surface area (Å²) in [7, 11) is 1.73. The van der Waals surface area contributed by atoms with Crippen LogP contribution in [0.3, 0.4) is 0 Å². The zero-order valence-corrected chi connectivity index (χ0v) is 11.6. The minimum atomic E-state index is -0.333. The Kier molecular flexibility index (Phi) is 5.99. The molecule has 0 fully saturated rings. The Morgan fingerprint density at radius 2 is 1.95 bits per heavy atom. The van der Waals surface area contributed by atoms with Crippen LogP contribution in [0.15, 0.2) is 24.5 Å². The van der Waals surface area contributed by atoms with Gasteiger partial charge in [-0.3, -0.25) is 14.6 Å². The van der Waals surface area contributed by atoms with Crippen molar-refractivity contribution < 1.29 is 14.3 Å². The number of pyridine rings is 1. The quantitative estimate of drug-likeness (QED) is 0.737. The summed E-state index contributed by atoms with van der Waals surface area (Å²) in [5, 5.41) is 0. The molecule has 0 aliphatic rings. The second kappa shape index (κ2) is 7.51. The van der Waals surface area contributed by atoms with Gasteiger partial charge in [-0.15, -0.1) is 0 Å². The summed E-state index contributed by atoms with van der Waals surface area (Å²) >= 11 is 0. The molecule has 1 aromatic heterocycles. The zero-order chi connectivity index (χ0) is 14.3. The highest BCUT2D eigenvalue weighted by Crippen LogP contribution is 2.18. The van der Waals surface area contributed by atoms with Gasteiger partial charge < -0.3 is 9.64 Å². The molecule has 0 radical (unpaired) electrons. The average molecular weight is 264 g/mol. The van der Waals surface area contributed by atoms with Crippen molar-refractivity contribution in [3.05, 3.63) is 30.1 Å². The molecule has 1 aromatic rings. The molecule has 19 heavy (non-hydrogen) atoms. The summed E-state index contributed by atoms with van der Waals surface area (Å²) in [6.07, 6.45) is 3.69. The van der Waals surface area contributed by atoms with Crippen LogP contribution in [-0.2, 0) is 14.3 Å². The van der Waals surface area contributed by atoms with Crippen LogP contribution >= 0.6 is 0 Å². The number of ether oxygens (including phenoxy) is 1. The van der Waals surface area contributed by atoms with Gasteiger partial charge in [0.05, 0.1) is 19.1 Å². The number of rotatable bonds is 6. The van der Waals surface area contributed by atoms with Crippen molar-refractivity contribution in [1.29, 1.82) is 0 Å². The van der Waals surface area contributed by atoms with Gasteiger partial charge in [0.2, 0.25) is 5.91 Å². The lowest BCUT2D eigenvalue weighted by Crippen LogP contribution is -2.30. The van der Waals surface area contributed by atoms with E-state index in [0.29, 0.717) is 6.61 Å². The lowest BCUT2D eigenvalue weighted by Gasteiger charge is -2.25. The van der Waals surface area contributed by atoms with Gasteiger partial charge in [-0.05, 0) is 31.5 Å². The fourth-order valence-corrected chi connectivity index (χ4v) is 1.70. The molecule has 1 rings (SSSR count). The SMILES string of the molecule is CCOC(=O)CCC(=O)N(C)C(C)c1ccncc1. The van der Waals surface area contributed by atoms with E-state index in [1.54, 1.807) is 31.3 Å². The standard InChI is InChI=1S/C14H20N2O3/c1-4-19-14(18)6-5-13(17)16(3)11(2)12-7-9-15-10-8-12/h7-11H,4-6H2,1-3H3. The third-order valence-corrected chi connectivity index (χ3v) is 3.01. The summed E-state index contributed by atoms with van der Waals surface area (Å²) in [5.41, 5.74) is 1.02. The van der Waals surface area contributed by atoms with Crippen LogP contribution in [0.5, 0.6) is 0 Å². The highest BCUT2D eigenvalue weighted by atomic mass is 16.5. The predicted octanol–water partition coefficient (Wildman–Crippen LogP) is 1.94. The second-order valence-corrected chi connectivity index (χ2v) is 4.27. The number of carbonyl (C=O) groups excluding carboxylic acids is 2. The van der Waals surface area contributed by atoms with E-state index in [1.165, 1.54) is 0 Å². The minimum Gasteiger partial charge on any atom is -0.466 e. The number of carbonyl (C=O) groups is 2. The van der Waals surface area contributed by atoms with Gasteiger partial charge in [0.1, 0.15) is 0 Å². The first-order valence-corrected chi connectivity index (χ1v) is 6.37. The Morgan fingerprint density at radius 3 is 2.53 bits per heavy atom. The summed E-state index contributed by atoms with van der Waals surface area (Å²) in [6, 6.07) is 3.71. The van der Waals surface area contributed by atoms with Crippen molar-refractivity contribution in [1.82, 2.24) is 9.88 Å². The van der Waals surface area contributed by atoms with Crippen molar-refractivity contribution in [3.8, 4) is 0 Å². The molecule has 0 aliphatic heterocycles. The molecular formula is C14H20N2O3. The molecule has 0 saturated heterocycles. The fourth-order valence-electron chi connectivity index (χ4n) is 1.70. The molecule has 0 spiro atoms. The van der Waals surface area contributed by atoms with Gasteiger partial charge in [0.15, 0.2) is 0 Å². The number of hydrogen-bond acceptors (Lipinski definition) is 4. The summed E-state index contributed by atoms with van der Waals surface area (Å²) in [5.74, 6) is -0.404. The van der Waals surface area contributed by atoms with Crippen molar-refractivity contribution in [2.75, 3.05) is 13.7 Å². The highest BCUT2D eigenvalue weighted by Gasteiger charge is 2.18. The smallest absolute Gasteiger partial charge is 0.306 e. The topological polar surface area (TPSA) is 59.5 Å². The van der Waals surface area contributed by atoms with E-state index in [-0.39, 0.29) is 30.8 Å². The zero-order valence-electron chi connectivity index (χ0n) is 11.6. The second-order valence-electron chi connectivity index (χ2n) is 4.27. The predicted molar refractivity (Wildman–Crippen MR) is 71.3 cm³/mol. The van der Waals surface area contributed by atoms with Crippen LogP contribution in [0.25, 0.3) is 0 Å². The Labute approximate surface area is 113 Å². The fraction of sp³-hybridized carbons (Fsp3) is 0.500. The van der Waals surface area contributed by atoms with E-state index in [1.807, 2.05) is 19.1 Å². The average Bonchev–Trinajstić information content (AvgIpc) is 2.44. The maximum absolute atomic E-state index is 12.0. The lowest BCUT2D eigenvalue weighted by molar-refractivity contribution is -0.145. The maximum atomic E-state index is 12.0. The van der Waals surface area contributed by atoms with Crippen LogP contribution in [0.4, 0.5) is 0 Å². The van der Waals surface area contributed by atoms with E-state index in [0.717, 1.165) is 5.56 Å². The molecule has 0 aromatic carbocycles. The van der Waals surface area contributed by atoms with Crippen molar-refractivity contribution >= 4 is 11.9 Å². The number of nitrogens with zero attached hydrogens (tertiary/aromatic N) is 2. The molecule has 1 atom stereocenters. The molecule has 0 saturated carbocycles. The Bertz CT molecular complexity index is 420. The van der Waals surface area contributed by atoms with Crippen molar-refractivity contribution in [2.45, 2.75) is 32.7 Å². The summed E-state index contributed by atoms with van der Waals surface area (Å²) in [4.78, 5) is 28.8. The Balaban J connectivity index is 2.50. The summed E-state index contributed by atoms with van der Waals surface area (Å²) in [6.45, 7) is 4.03. The third kappa shape index (κ3) is 4.69. The number of amides is 1. The molecule has 104 valence electrons. The lowest BCUT2D eigenvalue weighted by atomic mass is 10.1. The van der Waals surface area contributed by atoms with E-state index in [2.05, 4.69) is 4.98 Å². The van der Waals surface area contributed by atoms with Gasteiger partial charge in [-0.1, -0.05) is 0 Å². The molecule has 1 heterocycles. The molecule has 0 aliphatic carbocycles. The van der Waals surface area contributed by atoms with Crippen molar-refractivity contribution in [3.63, 3.8) is 0 Å². The minimum absolute atomic E-state index is 0.0438. The van der Waals surface area contributed by atoms with Crippen LogP contribution in [0.1, 0.15) is 38.3 Å². The molecule has 5 nitrogen and oxygen atoms in total. The molecule has 1 amide bonds. The van der Waals surface area contributed by atoms with Crippen LogP contribution in [0.2, 0.25) is 0 Å². The first kappa shape index (κ1) is 15.1. The molecule has 0 bridgehead atoms. The van der Waals surface area contributed by atoms with E-state index < -0.39 is 0 Å². The maximum Gasteiger partial charge on any atom is 0.306 e. The number of aromatic nitrogens is 1. The van der Waals surface area contributed by atoms with Crippen LogP contribution in [0, 0.1) is 0 Å². The third-order valence-electron chi connectivity index (χ3n) is 3.01. The highest BCUT2D eigenvalue weighted by molar-refractivity contribution is 5.81. The largest absolute Gasteiger partial charge is 0.466 e. The van der Waals surface area contributed by atoms with Crippen molar-refractivity contribution in [2.24, 2.45) is 0 Å². The Hall–Kier alpha value is -1.91. The number of esters is 1. The number of hydrogen-bond donors (Lipinski definition) is 0. The van der Waals surface area contributed by atoms with Gasteiger partial charge in [0.25, 0.3) is 0 Å². The van der Waals surface area contributed by atoms with E-state index in [4.69, 9.17) is 4.74 Å². The molecule has 5 heteroatoms. The van der Waals surface area contributed by atoms with E-state index in [9.17, 15) is 9.59 Å². The monoisotopic (exact) mass is 264 g/mol. The first-order valence-electron chi connectivity index (χ1n) is 6.37.